The fourth-order valence-corrected chi connectivity index (χ4v) is 5.05. The van der Waals surface area contributed by atoms with Crippen molar-refractivity contribution in [3.8, 4) is 11.5 Å². The fraction of sp³-hybridized carbons (Fsp3) is 0.611. The Morgan fingerprint density at radius 3 is 3.26 bits per heavy atom. The summed E-state index contributed by atoms with van der Waals surface area (Å²) in [5.74, 6) is -0.982. The Labute approximate surface area is 145 Å². The first kappa shape index (κ1) is 8.49. The zero-order valence-corrected chi connectivity index (χ0v) is 12.6. The minimum absolute atomic E-state index is 0.0103. The van der Waals surface area contributed by atoms with Gasteiger partial charge in [0.2, 0.25) is 0 Å². The molecule has 2 fully saturated rings. The van der Waals surface area contributed by atoms with Crippen LogP contribution in [0.5, 0.6) is 11.5 Å². The van der Waals surface area contributed by atoms with Crippen LogP contribution in [0.1, 0.15) is 40.0 Å². The second-order valence-corrected chi connectivity index (χ2v) is 6.90. The molecule has 4 aliphatic rings. The standard InChI is InChI=1S/C18H21NO4/c1-19-8-7-17-14-10-3-4-12(22-2)15(14)23-16(17)11(20)5-6-18(17,21)13(19)9-10/h3-4,13,16,21H,5-9H2,1-2H3/t13-,16?,17+,18-/m1/s1/i2D3,3D,4D,9D2. The minimum atomic E-state index is -2.94. The highest BCUT2D eigenvalue weighted by atomic mass is 16.5. The molecule has 0 radical (unpaired) electrons. The molecule has 1 N–H and O–H groups in total. The normalized spacial score (nSPS) is 47.7. The van der Waals surface area contributed by atoms with Crippen LogP contribution in [-0.4, -0.2) is 54.2 Å². The van der Waals surface area contributed by atoms with Crippen molar-refractivity contribution in [3.63, 3.8) is 0 Å². The van der Waals surface area contributed by atoms with Gasteiger partial charge in [0.05, 0.1) is 24.9 Å². The van der Waals surface area contributed by atoms with Gasteiger partial charge in [-0.25, -0.2) is 0 Å². The smallest absolute Gasteiger partial charge is 0.174 e. The molecular formula is C18H21NO4. The van der Waals surface area contributed by atoms with Gasteiger partial charge in [-0.2, -0.15) is 0 Å². The Morgan fingerprint density at radius 2 is 2.43 bits per heavy atom. The molecule has 1 aromatic rings. The van der Waals surface area contributed by atoms with E-state index in [9.17, 15) is 9.90 Å². The van der Waals surface area contributed by atoms with Gasteiger partial charge in [-0.3, -0.25) is 4.79 Å². The SMILES string of the molecule is [2H]c1c([2H])c2c3c(c1OC([2H])([2H])[2H])OC1C(=O)CC[C@@]4(O)[C@H](N(C)CC[C@]314)C2([2H])[2H]. The van der Waals surface area contributed by atoms with Crippen molar-refractivity contribution < 1.29 is 29.0 Å². The number of Topliss-reactive ketones (excluding diaryl/α,β-unsaturated/α-hetero) is 1. The summed E-state index contributed by atoms with van der Waals surface area (Å²) in [4.78, 5) is 14.6. The maximum atomic E-state index is 12.9. The molecule has 1 saturated carbocycles. The zero-order valence-electron chi connectivity index (χ0n) is 19.6. The largest absolute Gasteiger partial charge is 0.493 e. The van der Waals surface area contributed by atoms with E-state index in [1.165, 1.54) is 0 Å². The minimum Gasteiger partial charge on any atom is -0.493 e. The van der Waals surface area contributed by atoms with Crippen LogP contribution in [0.4, 0.5) is 0 Å². The molecule has 1 saturated heterocycles. The number of hydrogen-bond acceptors (Lipinski definition) is 5. The maximum Gasteiger partial charge on any atom is 0.174 e. The van der Waals surface area contributed by atoms with Gasteiger partial charge in [-0.1, -0.05) is 6.04 Å². The van der Waals surface area contributed by atoms with Crippen LogP contribution >= 0.6 is 0 Å². The van der Waals surface area contributed by atoms with Gasteiger partial charge in [-0.05, 0) is 44.4 Å². The molecule has 1 spiro atoms. The number of likely N-dealkylation sites (N-methyl/N-ethyl adjacent to an activating group) is 1. The molecule has 5 rings (SSSR count). The van der Waals surface area contributed by atoms with Crippen LogP contribution in [-0.2, 0) is 16.6 Å². The second kappa shape index (κ2) is 4.08. The van der Waals surface area contributed by atoms with Crippen LogP contribution in [0.2, 0.25) is 0 Å². The zero-order chi connectivity index (χ0) is 22.0. The molecule has 2 bridgehead atoms. The summed E-state index contributed by atoms with van der Waals surface area (Å²) in [6, 6.07) is -2.17. The number of carbonyl (C=O) groups is 1. The fourth-order valence-electron chi connectivity index (χ4n) is 5.05. The van der Waals surface area contributed by atoms with Gasteiger partial charge in [0.1, 0.15) is 0 Å². The number of hydrogen-bond donors (Lipinski definition) is 1. The van der Waals surface area contributed by atoms with Gasteiger partial charge >= 0.3 is 0 Å². The van der Waals surface area contributed by atoms with Crippen LogP contribution in [0.25, 0.3) is 0 Å². The van der Waals surface area contributed by atoms with Gasteiger partial charge in [0.25, 0.3) is 0 Å². The van der Waals surface area contributed by atoms with Gasteiger partial charge in [-0.15, -0.1) is 0 Å². The number of aliphatic hydroxyl groups is 1. The number of likely N-dealkylation sites (tertiary alicyclic amines) is 1. The molecule has 1 aromatic carbocycles. The molecule has 2 heterocycles. The number of ketones is 1. The summed E-state index contributed by atoms with van der Waals surface area (Å²) >= 11 is 0. The van der Waals surface area contributed by atoms with E-state index in [0.717, 1.165) is 0 Å². The molecule has 5 nitrogen and oxygen atoms in total. The topological polar surface area (TPSA) is 59.0 Å². The first-order chi connectivity index (χ1) is 13.8. The summed E-state index contributed by atoms with van der Waals surface area (Å²) in [5, 5.41) is 11.9. The predicted octanol–water partition coefficient (Wildman–Crippen LogP) is 1.05. The predicted molar refractivity (Wildman–Crippen MR) is 83.0 cm³/mol. The lowest BCUT2D eigenvalue weighted by molar-refractivity contribution is -0.185. The Hall–Kier alpha value is -1.59. The highest BCUT2D eigenvalue weighted by Crippen LogP contribution is 2.64. The molecule has 122 valence electrons. The van der Waals surface area contributed by atoms with E-state index in [1.807, 2.05) is 0 Å². The first-order valence-corrected chi connectivity index (χ1v) is 7.76. The maximum absolute atomic E-state index is 12.9. The molecule has 23 heavy (non-hydrogen) atoms. The average Bonchev–Trinajstić information content (AvgIpc) is 2.95. The molecule has 1 unspecified atom stereocenters. The summed E-state index contributed by atoms with van der Waals surface area (Å²) in [5.41, 5.74) is -2.98. The second-order valence-electron chi connectivity index (χ2n) is 6.90. The number of methoxy groups -OCH3 is 1. The van der Waals surface area contributed by atoms with E-state index in [-0.39, 0.29) is 41.9 Å². The third-order valence-corrected chi connectivity index (χ3v) is 6.07. The van der Waals surface area contributed by atoms with Crippen molar-refractivity contribution in [2.24, 2.45) is 0 Å². The van der Waals surface area contributed by atoms with Crippen molar-refractivity contribution >= 4 is 5.78 Å². The third kappa shape index (κ3) is 1.32. The molecule has 4 atom stereocenters. The Kier molecular flexibility index (Phi) is 1.51. The Bertz CT molecular complexity index is 996. The van der Waals surface area contributed by atoms with Gasteiger partial charge in [0.15, 0.2) is 23.4 Å². The number of nitrogens with zero attached hydrogens (tertiary/aromatic N) is 1. The van der Waals surface area contributed by atoms with Crippen molar-refractivity contribution in [2.75, 3.05) is 20.6 Å². The monoisotopic (exact) mass is 322 g/mol. The highest BCUT2D eigenvalue weighted by molar-refractivity contribution is 5.90. The van der Waals surface area contributed by atoms with Gasteiger partial charge in [0, 0.05) is 20.8 Å². The van der Waals surface area contributed by atoms with Crippen molar-refractivity contribution in [3.05, 3.63) is 23.2 Å². The third-order valence-electron chi connectivity index (χ3n) is 6.07. The quantitative estimate of drug-likeness (QED) is 0.837. The van der Waals surface area contributed by atoms with E-state index in [4.69, 9.17) is 19.1 Å². The molecule has 5 heteroatoms. The van der Waals surface area contributed by atoms with E-state index in [2.05, 4.69) is 0 Å². The summed E-state index contributed by atoms with van der Waals surface area (Å²) in [6.45, 7) is 0.379. The lowest BCUT2D eigenvalue weighted by atomic mass is 9.49. The molecule has 0 aromatic heterocycles. The Morgan fingerprint density at radius 1 is 1.57 bits per heavy atom. The number of piperidine rings is 1. The van der Waals surface area contributed by atoms with E-state index in [0.29, 0.717) is 6.54 Å². The molecule has 0 amide bonds. The highest BCUT2D eigenvalue weighted by Gasteiger charge is 2.72. The summed E-state index contributed by atoms with van der Waals surface area (Å²) < 4.78 is 67.9. The lowest BCUT2D eigenvalue weighted by Crippen LogP contribution is -2.76. The average molecular weight is 322 g/mol. The summed E-state index contributed by atoms with van der Waals surface area (Å²) in [6.07, 6.45) is -3.08. The molecule has 2 aliphatic carbocycles. The lowest BCUT2D eigenvalue weighted by Gasteiger charge is -2.62. The van der Waals surface area contributed by atoms with Gasteiger partial charge < -0.3 is 19.5 Å². The van der Waals surface area contributed by atoms with E-state index >= 15 is 0 Å². The number of rotatable bonds is 1. The van der Waals surface area contributed by atoms with Crippen LogP contribution in [0.15, 0.2) is 12.1 Å². The van der Waals surface area contributed by atoms with Crippen LogP contribution < -0.4 is 9.47 Å². The van der Waals surface area contributed by atoms with Crippen molar-refractivity contribution in [1.82, 2.24) is 4.90 Å². The first-order valence-electron chi connectivity index (χ1n) is 11.3. The number of benzene rings is 1. The van der Waals surface area contributed by atoms with Crippen molar-refractivity contribution in [2.45, 2.75) is 48.8 Å². The van der Waals surface area contributed by atoms with Crippen molar-refractivity contribution in [1.29, 1.82) is 0 Å². The molecular weight excluding hydrogens is 294 g/mol. The Balaban J connectivity index is 1.93. The number of ether oxygens (including phenoxy) is 2. The van der Waals surface area contributed by atoms with Crippen LogP contribution in [0, 0.1) is 0 Å². The van der Waals surface area contributed by atoms with E-state index < -0.39 is 54.4 Å². The van der Waals surface area contributed by atoms with E-state index in [1.54, 1.807) is 11.9 Å². The summed E-state index contributed by atoms with van der Waals surface area (Å²) in [7, 11) is -1.25. The number of carbonyl (C=O) groups excluding carboxylic acids is 1. The van der Waals surface area contributed by atoms with Crippen LogP contribution in [0.3, 0.4) is 0 Å². The molecule has 2 aliphatic heterocycles.